The molecular formula is C15H30N4S. The highest BCUT2D eigenvalue weighted by Gasteiger charge is 2.14. The summed E-state index contributed by atoms with van der Waals surface area (Å²) in [5, 5.41) is 4.67. The molecule has 20 heavy (non-hydrogen) atoms. The van der Waals surface area contributed by atoms with E-state index in [9.17, 15) is 0 Å². The second-order valence-corrected chi connectivity index (χ2v) is 7.75. The van der Waals surface area contributed by atoms with Crippen molar-refractivity contribution in [2.75, 3.05) is 39.1 Å². The van der Waals surface area contributed by atoms with Crippen LogP contribution in [-0.4, -0.2) is 49.7 Å². The van der Waals surface area contributed by atoms with E-state index in [4.69, 9.17) is 4.98 Å². The van der Waals surface area contributed by atoms with Gasteiger partial charge in [-0.05, 0) is 54.8 Å². The number of nitrogens with zero attached hydrogens (tertiary/aromatic N) is 3. The van der Waals surface area contributed by atoms with Gasteiger partial charge in [-0.1, -0.05) is 0 Å². The quantitative estimate of drug-likeness (QED) is 0.839. The molecule has 0 aliphatic carbocycles. The number of anilines is 1. The van der Waals surface area contributed by atoms with Crippen LogP contribution in [0.2, 0.25) is 0 Å². The number of hydrogen-bond donors (Lipinski definition) is 1. The van der Waals surface area contributed by atoms with Crippen molar-refractivity contribution in [3.8, 4) is 0 Å². The van der Waals surface area contributed by atoms with Crippen molar-refractivity contribution < 1.29 is 0 Å². The largest absolute Gasteiger partial charge is 0.351 e. The number of thiazole rings is 1. The fourth-order valence-electron chi connectivity index (χ4n) is 1.81. The minimum atomic E-state index is 0.147. The van der Waals surface area contributed by atoms with Gasteiger partial charge in [-0.25, -0.2) is 4.98 Å². The molecule has 1 N–H and O–H groups in total. The van der Waals surface area contributed by atoms with Gasteiger partial charge < -0.3 is 15.1 Å². The maximum absolute atomic E-state index is 4.70. The Morgan fingerprint density at radius 1 is 1.15 bits per heavy atom. The summed E-state index contributed by atoms with van der Waals surface area (Å²) in [6, 6.07) is 0. The van der Waals surface area contributed by atoms with Crippen LogP contribution in [0.25, 0.3) is 0 Å². The lowest BCUT2D eigenvalue weighted by atomic mass is 10.1. The molecule has 116 valence electrons. The highest BCUT2D eigenvalue weighted by atomic mass is 32.1. The number of nitrogens with one attached hydrogen (secondary N) is 1. The third kappa shape index (κ3) is 6.20. The maximum Gasteiger partial charge on any atom is 0.185 e. The van der Waals surface area contributed by atoms with Gasteiger partial charge in [0.15, 0.2) is 5.13 Å². The molecule has 0 bridgehead atoms. The zero-order valence-corrected chi connectivity index (χ0v) is 14.9. The van der Waals surface area contributed by atoms with Crippen molar-refractivity contribution in [1.29, 1.82) is 0 Å². The minimum absolute atomic E-state index is 0.147. The van der Waals surface area contributed by atoms with E-state index >= 15 is 0 Å². The lowest BCUT2D eigenvalue weighted by Crippen LogP contribution is -2.34. The Kier molecular flexibility index (Phi) is 6.43. The van der Waals surface area contributed by atoms with E-state index in [1.54, 1.807) is 11.3 Å². The summed E-state index contributed by atoms with van der Waals surface area (Å²) in [6.45, 7) is 11.8. The zero-order chi connectivity index (χ0) is 15.3. The second kappa shape index (κ2) is 7.38. The van der Waals surface area contributed by atoms with Crippen LogP contribution >= 0.6 is 11.3 Å². The van der Waals surface area contributed by atoms with Crippen molar-refractivity contribution >= 4 is 16.5 Å². The SMILES string of the molecule is Cc1nc(N(C)CCCN(C)C)sc1CNC(C)(C)C. The Morgan fingerprint density at radius 2 is 1.80 bits per heavy atom. The monoisotopic (exact) mass is 298 g/mol. The van der Waals surface area contributed by atoms with Crippen LogP contribution in [0.1, 0.15) is 37.8 Å². The lowest BCUT2D eigenvalue weighted by molar-refractivity contribution is 0.401. The van der Waals surface area contributed by atoms with E-state index in [0.717, 1.165) is 36.9 Å². The number of aromatic nitrogens is 1. The van der Waals surface area contributed by atoms with E-state index in [1.165, 1.54) is 4.88 Å². The van der Waals surface area contributed by atoms with Crippen molar-refractivity contribution in [2.45, 2.75) is 46.2 Å². The van der Waals surface area contributed by atoms with Crippen molar-refractivity contribution in [1.82, 2.24) is 15.2 Å². The number of rotatable bonds is 7. The van der Waals surface area contributed by atoms with E-state index in [2.05, 4.69) is 64.0 Å². The first-order valence-electron chi connectivity index (χ1n) is 7.26. The molecule has 0 aliphatic rings. The Hall–Kier alpha value is -0.650. The molecule has 5 heteroatoms. The van der Waals surface area contributed by atoms with Gasteiger partial charge in [0.25, 0.3) is 0 Å². The molecule has 0 amide bonds. The van der Waals surface area contributed by atoms with Gasteiger partial charge in [0.1, 0.15) is 0 Å². The topological polar surface area (TPSA) is 31.4 Å². The van der Waals surface area contributed by atoms with Gasteiger partial charge in [0.2, 0.25) is 0 Å². The summed E-state index contributed by atoms with van der Waals surface area (Å²) in [5.41, 5.74) is 1.30. The van der Waals surface area contributed by atoms with Gasteiger partial charge in [0, 0.05) is 30.6 Å². The van der Waals surface area contributed by atoms with Gasteiger partial charge in [-0.3, -0.25) is 0 Å². The standard InChI is InChI=1S/C15H30N4S/c1-12-13(11-16-15(2,3)4)20-14(17-12)19(7)10-8-9-18(5)6/h16H,8-11H2,1-7H3. The van der Waals surface area contributed by atoms with Crippen LogP contribution < -0.4 is 10.2 Å². The fourth-order valence-corrected chi connectivity index (χ4v) is 2.79. The minimum Gasteiger partial charge on any atom is -0.351 e. The first kappa shape index (κ1) is 17.4. The van der Waals surface area contributed by atoms with Crippen LogP contribution in [0.15, 0.2) is 0 Å². The summed E-state index contributed by atoms with van der Waals surface area (Å²) in [6.07, 6.45) is 1.16. The molecular weight excluding hydrogens is 268 g/mol. The highest BCUT2D eigenvalue weighted by molar-refractivity contribution is 7.15. The average molecular weight is 299 g/mol. The molecule has 0 fully saturated rings. The molecule has 0 aliphatic heterocycles. The molecule has 0 aromatic carbocycles. The molecule has 1 heterocycles. The first-order valence-corrected chi connectivity index (χ1v) is 8.08. The summed E-state index contributed by atoms with van der Waals surface area (Å²) >= 11 is 1.81. The smallest absolute Gasteiger partial charge is 0.185 e. The average Bonchev–Trinajstić information content (AvgIpc) is 2.66. The molecule has 0 saturated heterocycles. The molecule has 1 aromatic rings. The van der Waals surface area contributed by atoms with Gasteiger partial charge in [0.05, 0.1) is 5.69 Å². The molecule has 0 spiro atoms. The highest BCUT2D eigenvalue weighted by Crippen LogP contribution is 2.25. The lowest BCUT2D eigenvalue weighted by Gasteiger charge is -2.20. The van der Waals surface area contributed by atoms with E-state index in [-0.39, 0.29) is 5.54 Å². The summed E-state index contributed by atoms with van der Waals surface area (Å²) in [7, 11) is 6.36. The molecule has 1 rings (SSSR count). The summed E-state index contributed by atoms with van der Waals surface area (Å²) < 4.78 is 0. The Balaban J connectivity index is 2.55. The normalized spacial score (nSPS) is 12.2. The van der Waals surface area contributed by atoms with Gasteiger partial charge >= 0.3 is 0 Å². The van der Waals surface area contributed by atoms with Crippen LogP contribution in [0, 0.1) is 6.92 Å². The third-order valence-corrected chi connectivity index (χ3v) is 4.36. The van der Waals surface area contributed by atoms with Crippen molar-refractivity contribution in [3.63, 3.8) is 0 Å². The fraction of sp³-hybridized carbons (Fsp3) is 0.800. The second-order valence-electron chi connectivity index (χ2n) is 6.69. The van der Waals surface area contributed by atoms with Gasteiger partial charge in [-0.2, -0.15) is 0 Å². The maximum atomic E-state index is 4.70. The van der Waals surface area contributed by atoms with Crippen LogP contribution in [-0.2, 0) is 6.54 Å². The van der Waals surface area contributed by atoms with E-state index in [0.29, 0.717) is 0 Å². The van der Waals surface area contributed by atoms with E-state index in [1.807, 2.05) is 0 Å². The van der Waals surface area contributed by atoms with Crippen LogP contribution in [0.3, 0.4) is 0 Å². The predicted octanol–water partition coefficient (Wildman–Crippen LogP) is 2.73. The molecule has 0 saturated carbocycles. The van der Waals surface area contributed by atoms with Gasteiger partial charge in [-0.15, -0.1) is 11.3 Å². The summed E-state index contributed by atoms with van der Waals surface area (Å²) in [5.74, 6) is 0. The van der Waals surface area contributed by atoms with Crippen LogP contribution in [0.5, 0.6) is 0 Å². The summed E-state index contributed by atoms with van der Waals surface area (Å²) in [4.78, 5) is 10.5. The van der Waals surface area contributed by atoms with E-state index < -0.39 is 0 Å². The molecule has 0 unspecified atom stereocenters. The first-order chi connectivity index (χ1) is 9.19. The van der Waals surface area contributed by atoms with Crippen LogP contribution in [0.4, 0.5) is 5.13 Å². The zero-order valence-electron chi connectivity index (χ0n) is 14.1. The Morgan fingerprint density at radius 3 is 2.35 bits per heavy atom. The molecule has 4 nitrogen and oxygen atoms in total. The third-order valence-electron chi connectivity index (χ3n) is 3.09. The molecule has 1 aromatic heterocycles. The number of aryl methyl sites for hydroxylation is 1. The molecule has 0 atom stereocenters. The van der Waals surface area contributed by atoms with Crippen molar-refractivity contribution in [3.05, 3.63) is 10.6 Å². The Bertz CT molecular complexity index is 406. The predicted molar refractivity (Wildman–Crippen MR) is 89.9 cm³/mol. The Labute approximate surface area is 128 Å². The number of hydrogen-bond acceptors (Lipinski definition) is 5. The molecule has 0 radical (unpaired) electrons. The van der Waals surface area contributed by atoms with Crippen molar-refractivity contribution in [2.24, 2.45) is 0 Å².